The van der Waals surface area contributed by atoms with E-state index in [1.165, 1.54) is 83.5 Å². The van der Waals surface area contributed by atoms with Crippen LogP contribution in [0, 0.1) is 6.92 Å². The first-order valence-electron chi connectivity index (χ1n) is 8.95. The van der Waals surface area contributed by atoms with Crippen molar-refractivity contribution in [2.45, 2.75) is 96.3 Å². The van der Waals surface area contributed by atoms with Crippen LogP contribution in [0.4, 0.5) is 0 Å². The number of nitrogens with zero attached hydrogens (tertiary/aromatic N) is 3. The van der Waals surface area contributed by atoms with Gasteiger partial charge in [0, 0.05) is 6.42 Å². The normalized spacial score (nSPS) is 11.1. The maximum Gasteiger partial charge on any atom is 0.148 e. The molecule has 4 nitrogen and oxygen atoms in total. The first kappa shape index (κ1) is 18.1. The number of rotatable bonds is 15. The zero-order chi connectivity index (χ0) is 15.0. The minimum Gasteiger partial charge on any atom is -0.243 e. The fourth-order valence-corrected chi connectivity index (χ4v) is 2.70. The molecule has 0 fully saturated rings. The predicted molar refractivity (Wildman–Crippen MR) is 87.9 cm³/mol. The Labute approximate surface area is 130 Å². The lowest BCUT2D eigenvalue weighted by Crippen LogP contribution is -1.89. The largest absolute Gasteiger partial charge is 0.243 e. The molecule has 121 valence electrons. The van der Waals surface area contributed by atoms with Gasteiger partial charge in [-0.2, -0.15) is 0 Å². The van der Waals surface area contributed by atoms with E-state index in [1.54, 1.807) is 0 Å². The lowest BCUT2D eigenvalue weighted by atomic mass is 10.0. The van der Waals surface area contributed by atoms with Crippen LogP contribution in [0.25, 0.3) is 0 Å². The molecular formula is C17H33N4. The molecule has 1 heterocycles. The second-order valence-electron chi connectivity index (χ2n) is 6.05. The van der Waals surface area contributed by atoms with Crippen molar-refractivity contribution in [3.8, 4) is 0 Å². The van der Waals surface area contributed by atoms with Gasteiger partial charge < -0.3 is 0 Å². The summed E-state index contributed by atoms with van der Waals surface area (Å²) in [5.74, 6) is 0.921. The van der Waals surface area contributed by atoms with E-state index in [4.69, 9.17) is 0 Å². The fraction of sp³-hybridized carbons (Fsp3) is 0.882. The topological polar surface area (TPSA) is 54.5 Å². The molecule has 0 aliphatic carbocycles. The number of nitrogens with one attached hydrogen (secondary N) is 1. The van der Waals surface area contributed by atoms with Gasteiger partial charge in [0.2, 0.25) is 0 Å². The van der Waals surface area contributed by atoms with Gasteiger partial charge in [-0.05, 0) is 16.8 Å². The van der Waals surface area contributed by atoms with Crippen molar-refractivity contribution in [2.75, 3.05) is 0 Å². The molecule has 21 heavy (non-hydrogen) atoms. The predicted octanol–water partition coefficient (Wildman–Crippen LogP) is 5.04. The van der Waals surface area contributed by atoms with Crippen molar-refractivity contribution in [2.24, 2.45) is 0 Å². The molecule has 0 unspecified atom stereocenters. The van der Waals surface area contributed by atoms with Crippen molar-refractivity contribution < 1.29 is 0 Å². The summed E-state index contributed by atoms with van der Waals surface area (Å²) in [6, 6.07) is 0. The molecule has 0 aromatic carbocycles. The van der Waals surface area contributed by atoms with Crippen LogP contribution in [0.2, 0.25) is 0 Å². The summed E-state index contributed by atoms with van der Waals surface area (Å²) in [4.78, 5) is 0. The standard InChI is InChI=1S/C17H33N4/c1-2-3-4-5-6-7-8-9-10-11-12-13-14-15-16-17-18-20-21-19-17/h1-16H2,(H,18,19,20,21). The van der Waals surface area contributed by atoms with Crippen molar-refractivity contribution in [1.82, 2.24) is 20.6 Å². The van der Waals surface area contributed by atoms with Crippen LogP contribution < -0.4 is 0 Å². The van der Waals surface area contributed by atoms with E-state index in [1.807, 2.05) is 0 Å². The molecule has 1 rings (SSSR count). The summed E-state index contributed by atoms with van der Waals surface area (Å²) in [6.45, 7) is 3.88. The van der Waals surface area contributed by atoms with Gasteiger partial charge in [-0.1, -0.05) is 90.4 Å². The minimum absolute atomic E-state index is 0.921. The van der Waals surface area contributed by atoms with Crippen molar-refractivity contribution >= 4 is 0 Å². The first-order chi connectivity index (χ1) is 10.4. The number of aromatic amines is 1. The number of hydrogen-bond donors (Lipinski definition) is 1. The van der Waals surface area contributed by atoms with E-state index in [2.05, 4.69) is 27.5 Å². The molecule has 0 atom stereocenters. The molecule has 0 bridgehead atoms. The highest BCUT2D eigenvalue weighted by atomic mass is 15.5. The summed E-state index contributed by atoms with van der Waals surface area (Å²) in [7, 11) is 0. The molecule has 0 spiro atoms. The molecular weight excluding hydrogens is 260 g/mol. The average molecular weight is 293 g/mol. The van der Waals surface area contributed by atoms with E-state index in [0.717, 1.165) is 18.7 Å². The molecule has 1 aromatic rings. The Hall–Kier alpha value is -0.930. The van der Waals surface area contributed by atoms with Gasteiger partial charge in [0.25, 0.3) is 0 Å². The average Bonchev–Trinajstić information content (AvgIpc) is 3.01. The van der Waals surface area contributed by atoms with Crippen molar-refractivity contribution in [3.63, 3.8) is 0 Å². The monoisotopic (exact) mass is 293 g/mol. The molecule has 0 aliphatic heterocycles. The number of H-pyrrole nitrogens is 1. The van der Waals surface area contributed by atoms with Gasteiger partial charge in [-0.3, -0.25) is 0 Å². The van der Waals surface area contributed by atoms with Gasteiger partial charge in [0.1, 0.15) is 5.82 Å². The molecule has 1 N–H and O–H groups in total. The summed E-state index contributed by atoms with van der Waals surface area (Å²) >= 11 is 0. The maximum atomic E-state index is 3.90. The lowest BCUT2D eigenvalue weighted by Gasteiger charge is -2.02. The third-order valence-corrected chi connectivity index (χ3v) is 4.05. The quantitative estimate of drug-likeness (QED) is 0.461. The third-order valence-electron chi connectivity index (χ3n) is 4.05. The van der Waals surface area contributed by atoms with Crippen LogP contribution in [-0.4, -0.2) is 20.6 Å². The van der Waals surface area contributed by atoms with E-state index < -0.39 is 0 Å². The summed E-state index contributed by atoms with van der Waals surface area (Å²) < 4.78 is 0. The Morgan fingerprint density at radius 2 is 1.14 bits per heavy atom. The van der Waals surface area contributed by atoms with Crippen LogP contribution in [0.15, 0.2) is 0 Å². The van der Waals surface area contributed by atoms with Crippen LogP contribution >= 0.6 is 0 Å². The lowest BCUT2D eigenvalue weighted by molar-refractivity contribution is 0.536. The number of tetrazole rings is 1. The smallest absolute Gasteiger partial charge is 0.148 e. The summed E-state index contributed by atoms with van der Waals surface area (Å²) in [5, 5.41) is 13.9. The minimum atomic E-state index is 0.921. The Morgan fingerprint density at radius 1 is 0.667 bits per heavy atom. The van der Waals surface area contributed by atoms with Gasteiger partial charge in [-0.25, -0.2) is 5.10 Å². The first-order valence-corrected chi connectivity index (χ1v) is 8.95. The number of aryl methyl sites for hydroxylation is 1. The van der Waals surface area contributed by atoms with E-state index >= 15 is 0 Å². The van der Waals surface area contributed by atoms with Crippen molar-refractivity contribution in [3.05, 3.63) is 12.7 Å². The van der Waals surface area contributed by atoms with Crippen LogP contribution in [-0.2, 0) is 6.42 Å². The zero-order valence-corrected chi connectivity index (χ0v) is 13.7. The Kier molecular flexibility index (Phi) is 12.1. The Morgan fingerprint density at radius 3 is 1.57 bits per heavy atom. The van der Waals surface area contributed by atoms with Gasteiger partial charge in [-0.15, -0.1) is 5.10 Å². The number of unbranched alkanes of at least 4 members (excludes halogenated alkanes) is 13. The maximum absolute atomic E-state index is 3.90. The molecule has 0 saturated heterocycles. The van der Waals surface area contributed by atoms with E-state index in [0.29, 0.717) is 0 Å². The van der Waals surface area contributed by atoms with E-state index in [9.17, 15) is 0 Å². The van der Waals surface area contributed by atoms with Gasteiger partial charge in [0.05, 0.1) is 0 Å². The van der Waals surface area contributed by atoms with Crippen LogP contribution in [0.3, 0.4) is 0 Å². The summed E-state index contributed by atoms with van der Waals surface area (Å²) in [5.41, 5.74) is 0. The highest BCUT2D eigenvalue weighted by molar-refractivity contribution is 4.74. The molecule has 4 heteroatoms. The summed E-state index contributed by atoms with van der Waals surface area (Å²) in [6.07, 6.45) is 20.0. The molecule has 1 radical (unpaired) electrons. The van der Waals surface area contributed by atoms with Gasteiger partial charge >= 0.3 is 0 Å². The Bertz CT molecular complexity index is 298. The SMILES string of the molecule is [CH2]CCCCCCCCCCCCCCCc1nnn[nH]1. The molecule has 0 amide bonds. The highest BCUT2D eigenvalue weighted by Gasteiger charge is 1.97. The van der Waals surface area contributed by atoms with E-state index in [-0.39, 0.29) is 0 Å². The zero-order valence-electron chi connectivity index (χ0n) is 13.7. The second-order valence-corrected chi connectivity index (χ2v) is 6.05. The second kappa shape index (κ2) is 14.0. The van der Waals surface area contributed by atoms with Crippen LogP contribution in [0.1, 0.15) is 95.7 Å². The molecule has 1 aromatic heterocycles. The Balaban J connectivity index is 1.69. The van der Waals surface area contributed by atoms with Crippen LogP contribution in [0.5, 0.6) is 0 Å². The number of hydrogen-bond acceptors (Lipinski definition) is 3. The third kappa shape index (κ3) is 11.4. The molecule has 0 saturated carbocycles. The van der Waals surface area contributed by atoms with Gasteiger partial charge in [0.15, 0.2) is 0 Å². The highest BCUT2D eigenvalue weighted by Crippen LogP contribution is 2.13. The fourth-order valence-electron chi connectivity index (χ4n) is 2.70. The molecule has 0 aliphatic rings. The van der Waals surface area contributed by atoms with Crippen molar-refractivity contribution in [1.29, 1.82) is 0 Å². The number of aromatic nitrogens is 4.